The van der Waals surface area contributed by atoms with Gasteiger partial charge in [-0.15, -0.1) is 0 Å². The second-order valence-electron chi connectivity index (χ2n) is 6.29. The van der Waals surface area contributed by atoms with Crippen LogP contribution in [0.1, 0.15) is 48.7 Å². The van der Waals surface area contributed by atoms with Crippen molar-refractivity contribution in [1.82, 2.24) is 4.98 Å². The van der Waals surface area contributed by atoms with Crippen molar-refractivity contribution in [2.75, 3.05) is 24.6 Å². The maximum Gasteiger partial charge on any atom is 0.339 e. The van der Waals surface area contributed by atoms with Gasteiger partial charge in [-0.1, -0.05) is 0 Å². The average molecular weight is 304 g/mol. The zero-order valence-corrected chi connectivity index (χ0v) is 12.9. The van der Waals surface area contributed by atoms with Crippen molar-refractivity contribution >= 4 is 11.8 Å². The molecule has 1 unspecified atom stereocenters. The Morgan fingerprint density at radius 3 is 2.82 bits per heavy atom. The Hall–Kier alpha value is -1.82. The molecule has 1 saturated heterocycles. The molecular weight excluding hydrogens is 284 g/mol. The summed E-state index contributed by atoms with van der Waals surface area (Å²) < 4.78 is 17.0. The Morgan fingerprint density at radius 1 is 1.27 bits per heavy atom. The molecule has 0 N–H and O–H groups in total. The molecule has 3 atom stereocenters. The number of pyridine rings is 1. The number of esters is 1. The molecular formula is C16H20N2O4. The largest absolute Gasteiger partial charge is 0.477 e. The van der Waals surface area contributed by atoms with Gasteiger partial charge in [0.1, 0.15) is 11.9 Å². The van der Waals surface area contributed by atoms with Gasteiger partial charge in [0, 0.05) is 13.1 Å². The Bertz CT molecular complexity index is 608. The fraction of sp³-hybridized carbons (Fsp3) is 0.625. The van der Waals surface area contributed by atoms with E-state index in [9.17, 15) is 4.79 Å². The third-order valence-electron chi connectivity index (χ3n) is 4.39. The summed E-state index contributed by atoms with van der Waals surface area (Å²) in [6.45, 7) is 6.23. The minimum Gasteiger partial charge on any atom is -0.477 e. The van der Waals surface area contributed by atoms with E-state index in [1.54, 1.807) is 0 Å². The number of aromatic nitrogens is 1. The lowest BCUT2D eigenvalue weighted by Crippen LogP contribution is -2.45. The van der Waals surface area contributed by atoms with Crippen LogP contribution < -0.4 is 9.64 Å². The van der Waals surface area contributed by atoms with Crippen molar-refractivity contribution in [2.24, 2.45) is 0 Å². The van der Waals surface area contributed by atoms with Crippen LogP contribution in [-0.2, 0) is 9.47 Å². The van der Waals surface area contributed by atoms with Crippen LogP contribution in [0.5, 0.6) is 5.88 Å². The highest BCUT2D eigenvalue weighted by atomic mass is 16.6. The van der Waals surface area contributed by atoms with Crippen LogP contribution in [0.15, 0.2) is 6.07 Å². The van der Waals surface area contributed by atoms with E-state index >= 15 is 0 Å². The second kappa shape index (κ2) is 5.12. The molecule has 4 rings (SSSR count). The number of carbonyl (C=O) groups is 1. The van der Waals surface area contributed by atoms with Crippen molar-refractivity contribution in [3.8, 4) is 5.88 Å². The minimum atomic E-state index is -0.259. The number of hydrogen-bond donors (Lipinski definition) is 0. The predicted molar refractivity (Wildman–Crippen MR) is 79.3 cm³/mol. The van der Waals surface area contributed by atoms with Gasteiger partial charge in [0.15, 0.2) is 0 Å². The van der Waals surface area contributed by atoms with E-state index in [4.69, 9.17) is 14.2 Å². The Morgan fingerprint density at radius 2 is 2.05 bits per heavy atom. The number of anilines is 1. The number of nitrogens with zero attached hydrogens (tertiary/aromatic N) is 2. The molecule has 1 aromatic heterocycles. The molecule has 0 radical (unpaired) electrons. The summed E-state index contributed by atoms with van der Waals surface area (Å²) in [4.78, 5) is 19.0. The van der Waals surface area contributed by atoms with E-state index in [-0.39, 0.29) is 24.3 Å². The summed E-state index contributed by atoms with van der Waals surface area (Å²) in [5.41, 5.74) is 1.44. The molecule has 4 heterocycles. The van der Waals surface area contributed by atoms with Crippen molar-refractivity contribution in [3.05, 3.63) is 17.2 Å². The monoisotopic (exact) mass is 304 g/mol. The van der Waals surface area contributed by atoms with Gasteiger partial charge in [-0.2, -0.15) is 4.98 Å². The molecule has 6 heteroatoms. The fourth-order valence-electron chi connectivity index (χ4n) is 3.53. The van der Waals surface area contributed by atoms with Gasteiger partial charge in [-0.3, -0.25) is 0 Å². The summed E-state index contributed by atoms with van der Waals surface area (Å²) in [5, 5.41) is 0. The normalized spacial score (nSPS) is 30.4. The van der Waals surface area contributed by atoms with Gasteiger partial charge < -0.3 is 19.1 Å². The van der Waals surface area contributed by atoms with Crippen LogP contribution in [0.25, 0.3) is 0 Å². The van der Waals surface area contributed by atoms with E-state index in [1.165, 1.54) is 0 Å². The molecule has 22 heavy (non-hydrogen) atoms. The zero-order valence-electron chi connectivity index (χ0n) is 12.9. The molecule has 0 aromatic carbocycles. The predicted octanol–water partition coefficient (Wildman–Crippen LogP) is 2.08. The van der Waals surface area contributed by atoms with Crippen molar-refractivity contribution in [2.45, 2.75) is 45.0 Å². The fourth-order valence-corrected chi connectivity index (χ4v) is 3.53. The van der Waals surface area contributed by atoms with Crippen LogP contribution >= 0.6 is 0 Å². The lowest BCUT2D eigenvalue weighted by atomic mass is 10.0. The molecule has 3 aliphatic heterocycles. The van der Waals surface area contributed by atoms with Gasteiger partial charge in [0.25, 0.3) is 0 Å². The summed E-state index contributed by atoms with van der Waals surface area (Å²) in [6, 6.07) is 1.85. The zero-order chi connectivity index (χ0) is 15.3. The molecule has 118 valence electrons. The number of ether oxygens (including phenoxy) is 3. The molecule has 0 saturated carbocycles. The topological polar surface area (TPSA) is 60.9 Å². The van der Waals surface area contributed by atoms with Crippen molar-refractivity contribution in [1.29, 1.82) is 0 Å². The summed E-state index contributed by atoms with van der Waals surface area (Å²) >= 11 is 0. The molecule has 1 aromatic rings. The van der Waals surface area contributed by atoms with E-state index in [2.05, 4.69) is 9.88 Å². The van der Waals surface area contributed by atoms with E-state index in [1.807, 2.05) is 19.9 Å². The standard InChI is InChI=1S/C16H20N2O4/c1-9-7-18(8-10(2)21-9)13-6-11-14-12(22-16(11)19)4-3-5-20-15(14)17-13/h6,9-10,12H,3-5,7-8H2,1-2H3/t9-,10+,12?. The molecule has 6 nitrogen and oxygen atoms in total. The number of rotatable bonds is 1. The number of morpholine rings is 1. The lowest BCUT2D eigenvalue weighted by Gasteiger charge is -2.36. The molecule has 0 spiro atoms. The lowest BCUT2D eigenvalue weighted by molar-refractivity contribution is -0.00549. The quantitative estimate of drug-likeness (QED) is 0.740. The minimum absolute atomic E-state index is 0.138. The summed E-state index contributed by atoms with van der Waals surface area (Å²) in [7, 11) is 0. The summed E-state index contributed by atoms with van der Waals surface area (Å²) in [5.74, 6) is 1.08. The summed E-state index contributed by atoms with van der Waals surface area (Å²) in [6.07, 6.45) is 1.76. The SMILES string of the molecule is C[C@@H]1CN(c2cc3c4c(n2)OCCCC4OC3=O)C[C@H](C)O1. The van der Waals surface area contributed by atoms with Crippen LogP contribution in [0.4, 0.5) is 5.82 Å². The maximum atomic E-state index is 12.1. The van der Waals surface area contributed by atoms with Gasteiger partial charge in [0.2, 0.25) is 5.88 Å². The Labute approximate surface area is 129 Å². The van der Waals surface area contributed by atoms with Gasteiger partial charge in [0.05, 0.1) is 29.9 Å². The van der Waals surface area contributed by atoms with E-state index < -0.39 is 0 Å². The first-order valence-electron chi connectivity index (χ1n) is 7.91. The van der Waals surface area contributed by atoms with Crippen LogP contribution in [-0.4, -0.2) is 42.9 Å². The highest BCUT2D eigenvalue weighted by Crippen LogP contribution is 2.42. The van der Waals surface area contributed by atoms with Gasteiger partial charge >= 0.3 is 5.97 Å². The molecule has 0 amide bonds. The Kier molecular flexibility index (Phi) is 3.22. The van der Waals surface area contributed by atoms with E-state index in [0.717, 1.165) is 37.3 Å². The molecule has 0 bridgehead atoms. The first-order chi connectivity index (χ1) is 10.6. The smallest absolute Gasteiger partial charge is 0.339 e. The van der Waals surface area contributed by atoms with Gasteiger partial charge in [-0.05, 0) is 32.8 Å². The Balaban J connectivity index is 1.75. The van der Waals surface area contributed by atoms with Gasteiger partial charge in [-0.25, -0.2) is 4.79 Å². The third-order valence-corrected chi connectivity index (χ3v) is 4.39. The van der Waals surface area contributed by atoms with E-state index in [0.29, 0.717) is 18.1 Å². The second-order valence-corrected chi connectivity index (χ2v) is 6.29. The first kappa shape index (κ1) is 13.8. The molecule has 1 fully saturated rings. The van der Waals surface area contributed by atoms with Crippen LogP contribution in [0.2, 0.25) is 0 Å². The third kappa shape index (κ3) is 2.22. The number of carbonyl (C=O) groups excluding carboxylic acids is 1. The average Bonchev–Trinajstić information content (AvgIpc) is 2.66. The van der Waals surface area contributed by atoms with Crippen LogP contribution in [0, 0.1) is 0 Å². The first-order valence-corrected chi connectivity index (χ1v) is 7.91. The highest BCUT2D eigenvalue weighted by molar-refractivity contribution is 5.95. The highest BCUT2D eigenvalue weighted by Gasteiger charge is 2.38. The van der Waals surface area contributed by atoms with Crippen molar-refractivity contribution < 1.29 is 19.0 Å². The molecule has 0 aliphatic carbocycles. The number of hydrogen-bond acceptors (Lipinski definition) is 6. The van der Waals surface area contributed by atoms with Crippen molar-refractivity contribution in [3.63, 3.8) is 0 Å². The van der Waals surface area contributed by atoms with Crippen LogP contribution in [0.3, 0.4) is 0 Å². The maximum absolute atomic E-state index is 12.1. The molecule has 3 aliphatic rings.